The molecule has 0 fully saturated rings. The van der Waals surface area contributed by atoms with Crippen LogP contribution in [0.5, 0.6) is 5.75 Å². The molecule has 4 aromatic rings. The van der Waals surface area contributed by atoms with Crippen LogP contribution in [0.1, 0.15) is 11.1 Å². The van der Waals surface area contributed by atoms with Gasteiger partial charge < -0.3 is 14.5 Å². The van der Waals surface area contributed by atoms with Crippen molar-refractivity contribution < 1.29 is 13.9 Å². The van der Waals surface area contributed by atoms with E-state index in [-0.39, 0.29) is 12.5 Å². The maximum atomic E-state index is 12.4. The standard InChI is InChI=1S/C23H19ClN2O3/c1-14-7-8-16(23-26-18-5-3-4-6-21(18)29-23)12-19(14)25-22(27)13-28-20-10-9-17(24)11-15(20)2/h3-12H,13H2,1-2H3,(H,25,27). The average molecular weight is 407 g/mol. The monoisotopic (exact) mass is 406 g/mol. The number of carbonyl (C=O) groups excluding carboxylic acids is 1. The third-order valence-electron chi connectivity index (χ3n) is 4.55. The van der Waals surface area contributed by atoms with E-state index in [1.165, 1.54) is 0 Å². The van der Waals surface area contributed by atoms with Crippen LogP contribution in [0.15, 0.2) is 65.1 Å². The second-order valence-corrected chi connectivity index (χ2v) is 7.20. The van der Waals surface area contributed by atoms with E-state index < -0.39 is 0 Å². The van der Waals surface area contributed by atoms with Gasteiger partial charge in [0.15, 0.2) is 12.2 Å². The zero-order valence-corrected chi connectivity index (χ0v) is 16.8. The fraction of sp³-hybridized carbons (Fsp3) is 0.130. The van der Waals surface area contributed by atoms with E-state index in [2.05, 4.69) is 10.3 Å². The quantitative estimate of drug-likeness (QED) is 0.456. The molecule has 0 radical (unpaired) electrons. The zero-order chi connectivity index (χ0) is 20.4. The van der Waals surface area contributed by atoms with Crippen molar-refractivity contribution >= 4 is 34.3 Å². The van der Waals surface area contributed by atoms with Crippen LogP contribution in [0.3, 0.4) is 0 Å². The highest BCUT2D eigenvalue weighted by Gasteiger charge is 2.12. The number of hydrogen-bond acceptors (Lipinski definition) is 4. The second-order valence-electron chi connectivity index (χ2n) is 6.76. The van der Waals surface area contributed by atoms with E-state index in [0.717, 1.165) is 27.8 Å². The first-order chi connectivity index (χ1) is 14.0. The molecule has 1 aromatic heterocycles. The minimum absolute atomic E-state index is 0.102. The van der Waals surface area contributed by atoms with E-state index in [1.54, 1.807) is 18.2 Å². The molecule has 6 heteroatoms. The van der Waals surface area contributed by atoms with Crippen molar-refractivity contribution in [2.45, 2.75) is 13.8 Å². The fourth-order valence-corrected chi connectivity index (χ4v) is 3.22. The number of ether oxygens (including phenoxy) is 1. The first-order valence-electron chi connectivity index (χ1n) is 9.15. The van der Waals surface area contributed by atoms with Crippen molar-refractivity contribution in [2.24, 2.45) is 0 Å². The first-order valence-corrected chi connectivity index (χ1v) is 9.53. The van der Waals surface area contributed by atoms with Gasteiger partial charge in [0.05, 0.1) is 0 Å². The van der Waals surface area contributed by atoms with Gasteiger partial charge in [-0.05, 0) is 67.4 Å². The number of aryl methyl sites for hydroxylation is 2. The number of amides is 1. The van der Waals surface area contributed by atoms with Gasteiger partial charge >= 0.3 is 0 Å². The number of nitrogens with one attached hydrogen (secondary N) is 1. The normalized spacial score (nSPS) is 10.9. The summed E-state index contributed by atoms with van der Waals surface area (Å²) in [4.78, 5) is 16.9. The Morgan fingerprint density at radius 2 is 1.90 bits per heavy atom. The van der Waals surface area contributed by atoms with E-state index in [4.69, 9.17) is 20.8 Å². The Hall–Kier alpha value is -3.31. The van der Waals surface area contributed by atoms with Crippen LogP contribution < -0.4 is 10.1 Å². The number of rotatable bonds is 5. The van der Waals surface area contributed by atoms with Crippen LogP contribution in [-0.4, -0.2) is 17.5 Å². The third-order valence-corrected chi connectivity index (χ3v) is 4.78. The number of aromatic nitrogens is 1. The number of benzene rings is 3. The Balaban J connectivity index is 1.49. The molecule has 1 N–H and O–H groups in total. The zero-order valence-electron chi connectivity index (χ0n) is 16.0. The lowest BCUT2D eigenvalue weighted by Crippen LogP contribution is -2.21. The highest BCUT2D eigenvalue weighted by molar-refractivity contribution is 6.30. The summed E-state index contributed by atoms with van der Waals surface area (Å²) in [5, 5.41) is 3.53. The summed E-state index contributed by atoms with van der Waals surface area (Å²) in [6, 6.07) is 18.6. The van der Waals surface area contributed by atoms with Gasteiger partial charge in [-0.15, -0.1) is 0 Å². The van der Waals surface area contributed by atoms with Gasteiger partial charge in [-0.25, -0.2) is 4.98 Å². The molecule has 0 aliphatic carbocycles. The van der Waals surface area contributed by atoms with E-state index in [0.29, 0.717) is 22.4 Å². The van der Waals surface area contributed by atoms with Gasteiger partial charge in [-0.1, -0.05) is 29.8 Å². The third kappa shape index (κ3) is 4.25. The van der Waals surface area contributed by atoms with Crippen molar-refractivity contribution in [1.29, 1.82) is 0 Å². The SMILES string of the molecule is Cc1ccc(-c2nc3ccccc3o2)cc1NC(=O)COc1ccc(Cl)cc1C. The Kier molecular flexibility index (Phi) is 5.23. The summed E-state index contributed by atoms with van der Waals surface area (Å²) in [6.07, 6.45) is 0. The van der Waals surface area contributed by atoms with Gasteiger partial charge in [-0.3, -0.25) is 4.79 Å². The molecule has 4 rings (SSSR count). The number of para-hydroxylation sites is 2. The lowest BCUT2D eigenvalue weighted by molar-refractivity contribution is -0.118. The molecule has 0 spiro atoms. The summed E-state index contributed by atoms with van der Waals surface area (Å²) in [6.45, 7) is 3.71. The van der Waals surface area contributed by atoms with Gasteiger partial charge in [0.2, 0.25) is 5.89 Å². The second kappa shape index (κ2) is 7.97. The summed E-state index contributed by atoms with van der Waals surface area (Å²) in [5.74, 6) is 0.883. The molecule has 3 aromatic carbocycles. The molecule has 0 aliphatic heterocycles. The summed E-state index contributed by atoms with van der Waals surface area (Å²) in [7, 11) is 0. The van der Waals surface area contributed by atoms with Gasteiger partial charge in [-0.2, -0.15) is 0 Å². The Morgan fingerprint density at radius 1 is 1.07 bits per heavy atom. The van der Waals surface area contributed by atoms with Crippen LogP contribution >= 0.6 is 11.6 Å². The summed E-state index contributed by atoms with van der Waals surface area (Å²) >= 11 is 5.95. The van der Waals surface area contributed by atoms with Crippen molar-refractivity contribution in [3.05, 3.63) is 76.8 Å². The number of fused-ring (bicyclic) bond motifs is 1. The maximum absolute atomic E-state index is 12.4. The number of carbonyl (C=O) groups is 1. The van der Waals surface area contributed by atoms with Crippen LogP contribution in [0, 0.1) is 13.8 Å². The highest BCUT2D eigenvalue weighted by Crippen LogP contribution is 2.28. The topological polar surface area (TPSA) is 64.4 Å². The molecule has 0 unspecified atom stereocenters. The Labute approximate surface area is 173 Å². The fourth-order valence-electron chi connectivity index (χ4n) is 2.99. The van der Waals surface area contributed by atoms with Gasteiger partial charge in [0, 0.05) is 16.3 Å². The molecule has 146 valence electrons. The average Bonchev–Trinajstić information content (AvgIpc) is 3.13. The predicted octanol–water partition coefficient (Wildman–Crippen LogP) is 5.78. The molecule has 1 heterocycles. The van der Waals surface area contributed by atoms with Crippen LogP contribution in [0.25, 0.3) is 22.6 Å². The molecule has 5 nitrogen and oxygen atoms in total. The van der Waals surface area contributed by atoms with Crippen molar-refractivity contribution in [2.75, 3.05) is 11.9 Å². The lowest BCUT2D eigenvalue weighted by Gasteiger charge is -2.12. The highest BCUT2D eigenvalue weighted by atomic mass is 35.5. The lowest BCUT2D eigenvalue weighted by atomic mass is 10.1. The van der Waals surface area contributed by atoms with Crippen molar-refractivity contribution in [1.82, 2.24) is 4.98 Å². The molecule has 0 atom stereocenters. The van der Waals surface area contributed by atoms with Gasteiger partial charge in [0.25, 0.3) is 5.91 Å². The molecular weight excluding hydrogens is 388 g/mol. The number of hydrogen-bond donors (Lipinski definition) is 1. The molecule has 0 bridgehead atoms. The minimum atomic E-state index is -0.253. The van der Waals surface area contributed by atoms with Crippen LogP contribution in [0.4, 0.5) is 5.69 Å². The molecule has 0 saturated carbocycles. The number of nitrogens with zero attached hydrogens (tertiary/aromatic N) is 1. The van der Waals surface area contributed by atoms with Crippen molar-refractivity contribution in [3.63, 3.8) is 0 Å². The Morgan fingerprint density at radius 3 is 2.69 bits per heavy atom. The minimum Gasteiger partial charge on any atom is -0.483 e. The predicted molar refractivity (Wildman–Crippen MR) is 114 cm³/mol. The largest absolute Gasteiger partial charge is 0.483 e. The molecule has 29 heavy (non-hydrogen) atoms. The van der Waals surface area contributed by atoms with Crippen LogP contribution in [-0.2, 0) is 4.79 Å². The number of halogens is 1. The van der Waals surface area contributed by atoms with E-state index in [9.17, 15) is 4.79 Å². The molecule has 0 aliphatic rings. The van der Waals surface area contributed by atoms with Crippen LogP contribution in [0.2, 0.25) is 5.02 Å². The van der Waals surface area contributed by atoms with E-state index >= 15 is 0 Å². The Bertz CT molecular complexity index is 1170. The number of anilines is 1. The smallest absolute Gasteiger partial charge is 0.262 e. The molecular formula is C23H19ClN2O3. The molecule has 1 amide bonds. The molecule has 0 saturated heterocycles. The summed E-state index contributed by atoms with van der Waals surface area (Å²) < 4.78 is 11.4. The van der Waals surface area contributed by atoms with Crippen molar-refractivity contribution in [3.8, 4) is 17.2 Å². The summed E-state index contributed by atoms with van der Waals surface area (Å²) in [5.41, 5.74) is 4.80. The van der Waals surface area contributed by atoms with Gasteiger partial charge in [0.1, 0.15) is 11.3 Å². The first kappa shape index (κ1) is 19.0. The van der Waals surface area contributed by atoms with E-state index in [1.807, 2.05) is 56.3 Å². The number of oxazole rings is 1. The maximum Gasteiger partial charge on any atom is 0.262 e.